The SMILES string of the molecule is CC(=O)Sc1c(C)nn2c3ccccc3n(C(C)=O)c12. The Bertz CT molecular complexity index is 860. The van der Waals surface area contributed by atoms with Crippen LogP contribution in [0.5, 0.6) is 0 Å². The maximum Gasteiger partial charge on any atom is 0.229 e. The summed E-state index contributed by atoms with van der Waals surface area (Å²) in [5.74, 6) is -0.0958. The van der Waals surface area contributed by atoms with Crippen molar-refractivity contribution < 1.29 is 9.59 Å². The van der Waals surface area contributed by atoms with Gasteiger partial charge in [0.1, 0.15) is 0 Å². The van der Waals surface area contributed by atoms with Crippen LogP contribution in [-0.4, -0.2) is 25.2 Å². The Morgan fingerprint density at radius 1 is 1.15 bits per heavy atom. The number of carbonyl (C=O) groups is 2. The first kappa shape index (κ1) is 12.9. The van der Waals surface area contributed by atoms with E-state index in [2.05, 4.69) is 5.10 Å². The predicted octanol–water partition coefficient (Wildman–Crippen LogP) is 2.90. The molecule has 0 spiro atoms. The van der Waals surface area contributed by atoms with E-state index in [-0.39, 0.29) is 11.0 Å². The van der Waals surface area contributed by atoms with Crippen molar-refractivity contribution in [2.45, 2.75) is 25.7 Å². The summed E-state index contributed by atoms with van der Waals surface area (Å²) >= 11 is 1.11. The molecule has 1 aromatic carbocycles. The van der Waals surface area contributed by atoms with Crippen molar-refractivity contribution in [1.82, 2.24) is 14.2 Å². The Hall–Kier alpha value is -2.08. The van der Waals surface area contributed by atoms with Crippen LogP contribution in [0.1, 0.15) is 24.3 Å². The highest BCUT2D eigenvalue weighted by Crippen LogP contribution is 2.32. The van der Waals surface area contributed by atoms with E-state index in [1.54, 1.807) is 9.08 Å². The zero-order valence-electron chi connectivity index (χ0n) is 11.4. The highest BCUT2D eigenvalue weighted by atomic mass is 32.2. The van der Waals surface area contributed by atoms with Crippen LogP contribution in [-0.2, 0) is 4.79 Å². The molecule has 0 saturated heterocycles. The number of thioether (sulfide) groups is 1. The van der Waals surface area contributed by atoms with Gasteiger partial charge in [0, 0.05) is 13.8 Å². The van der Waals surface area contributed by atoms with Crippen molar-refractivity contribution in [2.24, 2.45) is 0 Å². The molecular weight excluding hydrogens is 274 g/mol. The number of imidazole rings is 1. The molecule has 0 aliphatic rings. The molecule has 0 radical (unpaired) electrons. The zero-order chi connectivity index (χ0) is 14.4. The summed E-state index contributed by atoms with van der Waals surface area (Å²) in [6.45, 7) is 4.86. The van der Waals surface area contributed by atoms with Crippen LogP contribution in [0.15, 0.2) is 29.2 Å². The molecule has 2 heterocycles. The van der Waals surface area contributed by atoms with Gasteiger partial charge in [0.25, 0.3) is 0 Å². The minimum Gasteiger partial charge on any atom is -0.287 e. The molecule has 3 aromatic rings. The molecule has 3 rings (SSSR count). The molecular formula is C14H13N3O2S. The molecule has 0 fully saturated rings. The normalized spacial score (nSPS) is 11.3. The number of para-hydroxylation sites is 2. The summed E-state index contributed by atoms with van der Waals surface area (Å²) in [6.07, 6.45) is 0. The van der Waals surface area contributed by atoms with Gasteiger partial charge >= 0.3 is 0 Å². The van der Waals surface area contributed by atoms with Crippen molar-refractivity contribution >= 4 is 39.5 Å². The predicted molar refractivity (Wildman–Crippen MR) is 78.3 cm³/mol. The molecule has 0 aliphatic carbocycles. The van der Waals surface area contributed by atoms with Crippen molar-refractivity contribution in [2.75, 3.05) is 0 Å². The Labute approximate surface area is 119 Å². The van der Waals surface area contributed by atoms with Crippen molar-refractivity contribution in [3.05, 3.63) is 30.0 Å². The van der Waals surface area contributed by atoms with Crippen LogP contribution in [0.3, 0.4) is 0 Å². The number of rotatable bonds is 1. The largest absolute Gasteiger partial charge is 0.287 e. The zero-order valence-corrected chi connectivity index (χ0v) is 12.2. The Kier molecular flexibility index (Phi) is 2.90. The summed E-state index contributed by atoms with van der Waals surface area (Å²) < 4.78 is 3.35. The van der Waals surface area contributed by atoms with Crippen LogP contribution >= 0.6 is 11.8 Å². The summed E-state index contributed by atoms with van der Waals surface area (Å²) in [5, 5.41) is 4.44. The van der Waals surface area contributed by atoms with Gasteiger partial charge in [-0.05, 0) is 30.8 Å². The third-order valence-electron chi connectivity index (χ3n) is 3.11. The third-order valence-corrected chi connectivity index (χ3v) is 4.08. The first-order valence-corrected chi connectivity index (χ1v) is 7.00. The fourth-order valence-electron chi connectivity index (χ4n) is 2.39. The monoisotopic (exact) mass is 287 g/mol. The van der Waals surface area contributed by atoms with E-state index in [0.29, 0.717) is 5.65 Å². The molecule has 0 aliphatic heterocycles. The van der Waals surface area contributed by atoms with Crippen LogP contribution in [0.2, 0.25) is 0 Å². The lowest BCUT2D eigenvalue weighted by molar-refractivity contribution is -0.109. The van der Waals surface area contributed by atoms with Gasteiger partial charge in [-0.2, -0.15) is 5.10 Å². The Balaban J connectivity index is 2.50. The van der Waals surface area contributed by atoms with Gasteiger partial charge < -0.3 is 0 Å². The summed E-state index contributed by atoms with van der Waals surface area (Å²) in [7, 11) is 0. The molecule has 2 aromatic heterocycles. The Morgan fingerprint density at radius 2 is 1.80 bits per heavy atom. The van der Waals surface area contributed by atoms with E-state index in [9.17, 15) is 9.59 Å². The molecule has 6 heteroatoms. The Morgan fingerprint density at radius 3 is 2.40 bits per heavy atom. The maximum absolute atomic E-state index is 12.0. The number of hydrogen-bond acceptors (Lipinski definition) is 4. The average molecular weight is 287 g/mol. The number of benzene rings is 1. The van der Waals surface area contributed by atoms with Gasteiger partial charge in [0.05, 0.1) is 21.6 Å². The van der Waals surface area contributed by atoms with E-state index in [1.165, 1.54) is 13.8 Å². The number of fused-ring (bicyclic) bond motifs is 3. The maximum atomic E-state index is 12.0. The second-order valence-electron chi connectivity index (χ2n) is 4.59. The topological polar surface area (TPSA) is 56.4 Å². The van der Waals surface area contributed by atoms with Gasteiger partial charge in [-0.3, -0.25) is 14.2 Å². The summed E-state index contributed by atoms with van der Waals surface area (Å²) in [5.41, 5.74) is 3.07. The fourth-order valence-corrected chi connectivity index (χ4v) is 3.14. The number of aromatic nitrogens is 3. The highest BCUT2D eigenvalue weighted by molar-refractivity contribution is 8.13. The molecule has 0 unspecified atom stereocenters. The third kappa shape index (κ3) is 1.76. The standard InChI is InChI=1S/C14H13N3O2S/c1-8-13(20-10(3)19)14-16(9(2)18)11-6-4-5-7-12(11)17(14)15-8/h4-7H,1-3H3. The molecule has 0 N–H and O–H groups in total. The van der Waals surface area contributed by atoms with Crippen molar-refractivity contribution in [3.63, 3.8) is 0 Å². The van der Waals surface area contributed by atoms with Crippen molar-refractivity contribution in [1.29, 1.82) is 0 Å². The lowest BCUT2D eigenvalue weighted by Gasteiger charge is -2.01. The van der Waals surface area contributed by atoms with Gasteiger partial charge in [-0.1, -0.05) is 12.1 Å². The van der Waals surface area contributed by atoms with Crippen LogP contribution in [0.25, 0.3) is 16.7 Å². The molecule has 0 bridgehead atoms. The molecule has 0 amide bonds. The fraction of sp³-hybridized carbons (Fsp3) is 0.214. The van der Waals surface area contributed by atoms with Crippen molar-refractivity contribution in [3.8, 4) is 0 Å². The number of carbonyl (C=O) groups excluding carboxylic acids is 2. The van der Waals surface area contributed by atoms with Gasteiger partial charge in [0.15, 0.2) is 10.8 Å². The van der Waals surface area contributed by atoms with Gasteiger partial charge in [-0.25, -0.2) is 4.52 Å². The number of hydrogen-bond donors (Lipinski definition) is 0. The van der Waals surface area contributed by atoms with E-state index in [0.717, 1.165) is 33.4 Å². The van der Waals surface area contributed by atoms with E-state index in [4.69, 9.17) is 0 Å². The first-order valence-electron chi connectivity index (χ1n) is 6.19. The quantitative estimate of drug-likeness (QED) is 0.646. The molecule has 0 saturated carbocycles. The van der Waals surface area contributed by atoms with Gasteiger partial charge in [-0.15, -0.1) is 0 Å². The minimum absolute atomic E-state index is 0.0247. The smallest absolute Gasteiger partial charge is 0.229 e. The molecule has 0 atom stereocenters. The van der Waals surface area contributed by atoms with Crippen LogP contribution in [0.4, 0.5) is 0 Å². The van der Waals surface area contributed by atoms with Crippen LogP contribution < -0.4 is 0 Å². The van der Waals surface area contributed by atoms with E-state index < -0.39 is 0 Å². The second kappa shape index (κ2) is 4.49. The summed E-state index contributed by atoms with van der Waals surface area (Å²) in [6, 6.07) is 7.58. The van der Waals surface area contributed by atoms with E-state index in [1.807, 2.05) is 31.2 Å². The number of nitrogens with zero attached hydrogens (tertiary/aromatic N) is 3. The minimum atomic E-state index is -0.0958. The van der Waals surface area contributed by atoms with Crippen LogP contribution in [0, 0.1) is 6.92 Å². The first-order chi connectivity index (χ1) is 9.50. The lowest BCUT2D eigenvalue weighted by Crippen LogP contribution is -2.05. The second-order valence-corrected chi connectivity index (χ2v) is 5.77. The van der Waals surface area contributed by atoms with Gasteiger partial charge in [0.2, 0.25) is 5.91 Å². The molecule has 102 valence electrons. The van der Waals surface area contributed by atoms with E-state index >= 15 is 0 Å². The molecule has 5 nitrogen and oxygen atoms in total. The molecule has 20 heavy (non-hydrogen) atoms. The highest BCUT2D eigenvalue weighted by Gasteiger charge is 2.21. The summed E-state index contributed by atoms with van der Waals surface area (Å²) in [4.78, 5) is 24.2. The lowest BCUT2D eigenvalue weighted by atomic mass is 10.3. The number of aryl methyl sites for hydroxylation is 1. The average Bonchev–Trinajstić information content (AvgIpc) is 2.85.